The quantitative estimate of drug-likeness (QED) is 0.714. The Labute approximate surface area is 91.8 Å². The maximum Gasteiger partial charge on any atom is 0.356 e. The molecule has 1 aliphatic rings. The van der Waals surface area contributed by atoms with Crippen LogP contribution in [-0.2, 0) is 4.74 Å². The van der Waals surface area contributed by atoms with Gasteiger partial charge in [0.15, 0.2) is 0 Å². The summed E-state index contributed by atoms with van der Waals surface area (Å²) in [7, 11) is 1.35. The molecule has 2 rings (SSSR count). The van der Waals surface area contributed by atoms with E-state index in [0.29, 0.717) is 5.69 Å². The third kappa shape index (κ3) is 2.18. The second-order valence-electron chi connectivity index (χ2n) is 2.96. The number of esters is 1. The summed E-state index contributed by atoms with van der Waals surface area (Å²) in [5, 5.41) is 0.0228. The van der Waals surface area contributed by atoms with E-state index in [1.807, 2.05) is 12.3 Å². The number of hydrogen-bond donors (Lipinski definition) is 0. The molecule has 0 aromatic carbocycles. The Hall–Kier alpha value is -1.36. The van der Waals surface area contributed by atoms with Crippen LogP contribution in [0.2, 0.25) is 0 Å². The maximum atomic E-state index is 11.3. The minimum Gasteiger partial charge on any atom is -0.464 e. The van der Waals surface area contributed by atoms with Crippen LogP contribution in [0, 0.1) is 0 Å². The van der Waals surface area contributed by atoms with Gasteiger partial charge in [0, 0.05) is 12.0 Å². The molecule has 2 heterocycles. The first-order valence-electron chi connectivity index (χ1n) is 4.50. The van der Waals surface area contributed by atoms with Crippen LogP contribution < -0.4 is 0 Å². The van der Waals surface area contributed by atoms with Crippen molar-refractivity contribution in [2.45, 2.75) is 5.37 Å². The van der Waals surface area contributed by atoms with Crippen LogP contribution in [0.3, 0.4) is 0 Å². The van der Waals surface area contributed by atoms with Gasteiger partial charge in [-0.15, -0.1) is 11.8 Å². The molecule has 1 aromatic rings. The lowest BCUT2D eigenvalue weighted by Crippen LogP contribution is -2.06. The highest BCUT2D eigenvalue weighted by Crippen LogP contribution is 2.31. The molecule has 1 aliphatic heterocycles. The van der Waals surface area contributed by atoms with Crippen LogP contribution in [0.5, 0.6) is 0 Å². The smallest absolute Gasteiger partial charge is 0.356 e. The minimum absolute atomic E-state index is 0.0228. The first-order valence-corrected chi connectivity index (χ1v) is 5.54. The van der Waals surface area contributed by atoms with E-state index in [9.17, 15) is 4.79 Å². The summed E-state index contributed by atoms with van der Waals surface area (Å²) in [5.74, 6) is 0.484. The van der Waals surface area contributed by atoms with Gasteiger partial charge in [-0.1, -0.05) is 6.07 Å². The zero-order valence-corrected chi connectivity index (χ0v) is 9.03. The van der Waals surface area contributed by atoms with Gasteiger partial charge in [-0.3, -0.25) is 4.99 Å². The molecular formula is C10H10N2O2S. The first-order chi connectivity index (χ1) is 7.31. The third-order valence-electron chi connectivity index (χ3n) is 1.99. The molecule has 0 saturated carbocycles. The number of nitrogens with zero attached hydrogens (tertiary/aromatic N) is 2. The van der Waals surface area contributed by atoms with Crippen molar-refractivity contribution in [1.82, 2.24) is 4.98 Å². The molecule has 78 valence electrons. The Morgan fingerprint density at radius 3 is 3.13 bits per heavy atom. The number of hydrogen-bond acceptors (Lipinski definition) is 5. The summed E-state index contributed by atoms with van der Waals surface area (Å²) >= 11 is 1.69. The van der Waals surface area contributed by atoms with E-state index in [1.165, 1.54) is 7.11 Å². The predicted octanol–water partition coefficient (Wildman–Crippen LogP) is 1.68. The molecule has 1 unspecified atom stereocenters. The number of aliphatic imine (C=N–C) groups is 1. The molecule has 0 N–H and O–H groups in total. The molecular weight excluding hydrogens is 212 g/mol. The van der Waals surface area contributed by atoms with Crippen LogP contribution in [0.15, 0.2) is 23.2 Å². The highest BCUT2D eigenvalue weighted by molar-refractivity contribution is 8.00. The highest BCUT2D eigenvalue weighted by atomic mass is 32.2. The molecule has 0 amide bonds. The van der Waals surface area contributed by atoms with Crippen LogP contribution in [0.25, 0.3) is 0 Å². The first kappa shape index (κ1) is 10.2. The van der Waals surface area contributed by atoms with E-state index in [4.69, 9.17) is 0 Å². The standard InChI is InChI=1S/C10H10N2O2S/c1-14-10(13)8-4-2-3-7(12-8)9-11-5-6-15-9/h2-5,9H,6H2,1H3. The molecule has 5 heteroatoms. The van der Waals surface area contributed by atoms with Crippen molar-refractivity contribution >= 4 is 23.9 Å². The van der Waals surface area contributed by atoms with Crippen LogP contribution in [0.1, 0.15) is 21.6 Å². The topological polar surface area (TPSA) is 51.5 Å². The Bertz CT molecular complexity index is 406. The fourth-order valence-corrected chi connectivity index (χ4v) is 2.11. The molecule has 0 spiro atoms. The fraction of sp³-hybridized carbons (Fsp3) is 0.300. The molecule has 0 saturated heterocycles. The van der Waals surface area contributed by atoms with Crippen LogP contribution in [-0.4, -0.2) is 30.0 Å². The molecule has 1 atom stereocenters. The predicted molar refractivity (Wildman–Crippen MR) is 59.3 cm³/mol. The zero-order chi connectivity index (χ0) is 10.7. The van der Waals surface area contributed by atoms with Crippen molar-refractivity contribution in [2.75, 3.05) is 12.9 Å². The van der Waals surface area contributed by atoms with Crippen molar-refractivity contribution in [3.8, 4) is 0 Å². The number of methoxy groups -OCH3 is 1. The Balaban J connectivity index is 2.25. The molecule has 0 radical (unpaired) electrons. The number of carbonyl (C=O) groups is 1. The van der Waals surface area contributed by atoms with E-state index in [1.54, 1.807) is 23.9 Å². The van der Waals surface area contributed by atoms with E-state index in [-0.39, 0.29) is 5.37 Å². The average Bonchev–Trinajstić information content (AvgIpc) is 2.82. The largest absolute Gasteiger partial charge is 0.464 e. The normalized spacial score (nSPS) is 19.1. The SMILES string of the molecule is COC(=O)c1cccc(C2N=CCS2)n1. The molecule has 0 bridgehead atoms. The van der Waals surface area contributed by atoms with Crippen molar-refractivity contribution in [2.24, 2.45) is 4.99 Å². The number of carbonyl (C=O) groups excluding carboxylic acids is 1. The van der Waals surface area contributed by atoms with Crippen LogP contribution >= 0.6 is 11.8 Å². The van der Waals surface area contributed by atoms with Crippen molar-refractivity contribution in [3.63, 3.8) is 0 Å². The Morgan fingerprint density at radius 2 is 2.47 bits per heavy atom. The van der Waals surface area contributed by atoms with Crippen molar-refractivity contribution in [3.05, 3.63) is 29.6 Å². The van der Waals surface area contributed by atoms with Gasteiger partial charge in [0.1, 0.15) is 11.1 Å². The molecule has 4 nitrogen and oxygen atoms in total. The van der Waals surface area contributed by atoms with E-state index < -0.39 is 5.97 Å². The minimum atomic E-state index is -0.413. The summed E-state index contributed by atoms with van der Waals surface area (Å²) in [6, 6.07) is 5.30. The second-order valence-corrected chi connectivity index (χ2v) is 4.07. The Kier molecular flexibility index (Phi) is 3.01. The van der Waals surface area contributed by atoms with Gasteiger partial charge in [0.05, 0.1) is 12.8 Å². The van der Waals surface area contributed by atoms with Gasteiger partial charge >= 0.3 is 5.97 Å². The third-order valence-corrected chi connectivity index (χ3v) is 3.01. The number of pyridine rings is 1. The van der Waals surface area contributed by atoms with Gasteiger partial charge in [-0.2, -0.15) is 0 Å². The van der Waals surface area contributed by atoms with E-state index in [2.05, 4.69) is 14.7 Å². The van der Waals surface area contributed by atoms with Gasteiger partial charge in [-0.05, 0) is 12.1 Å². The van der Waals surface area contributed by atoms with Crippen LogP contribution in [0.4, 0.5) is 0 Å². The second kappa shape index (κ2) is 4.44. The van der Waals surface area contributed by atoms with Crippen molar-refractivity contribution < 1.29 is 9.53 Å². The summed E-state index contributed by atoms with van der Waals surface area (Å²) in [6.45, 7) is 0. The number of ether oxygens (including phenoxy) is 1. The lowest BCUT2D eigenvalue weighted by molar-refractivity contribution is 0.0593. The van der Waals surface area contributed by atoms with E-state index >= 15 is 0 Å². The Morgan fingerprint density at radius 1 is 1.60 bits per heavy atom. The lowest BCUT2D eigenvalue weighted by Gasteiger charge is -2.06. The average molecular weight is 222 g/mol. The fourth-order valence-electron chi connectivity index (χ4n) is 1.28. The number of rotatable bonds is 2. The zero-order valence-electron chi connectivity index (χ0n) is 8.21. The number of aromatic nitrogens is 1. The highest BCUT2D eigenvalue weighted by Gasteiger charge is 2.17. The molecule has 1 aromatic heterocycles. The summed E-state index contributed by atoms with van der Waals surface area (Å²) in [6.07, 6.45) is 1.86. The summed E-state index contributed by atoms with van der Waals surface area (Å²) < 4.78 is 4.61. The van der Waals surface area contributed by atoms with E-state index in [0.717, 1.165) is 11.4 Å². The summed E-state index contributed by atoms with van der Waals surface area (Å²) in [4.78, 5) is 19.7. The monoisotopic (exact) mass is 222 g/mol. The molecule has 0 aliphatic carbocycles. The number of thioether (sulfide) groups is 1. The molecule has 15 heavy (non-hydrogen) atoms. The lowest BCUT2D eigenvalue weighted by atomic mass is 10.3. The van der Waals surface area contributed by atoms with Gasteiger partial charge in [0.2, 0.25) is 0 Å². The molecule has 0 fully saturated rings. The van der Waals surface area contributed by atoms with Gasteiger partial charge in [0.25, 0.3) is 0 Å². The van der Waals surface area contributed by atoms with Gasteiger partial charge in [-0.25, -0.2) is 9.78 Å². The summed E-state index contributed by atoms with van der Waals surface area (Å²) in [5.41, 5.74) is 1.13. The maximum absolute atomic E-state index is 11.3. The van der Waals surface area contributed by atoms with Gasteiger partial charge < -0.3 is 4.74 Å². The van der Waals surface area contributed by atoms with Crippen molar-refractivity contribution in [1.29, 1.82) is 0 Å².